The van der Waals surface area contributed by atoms with Crippen LogP contribution >= 0.6 is 15.9 Å². The third kappa shape index (κ3) is 2.56. The zero-order chi connectivity index (χ0) is 14.0. The van der Waals surface area contributed by atoms with Crippen LogP contribution in [0.4, 0.5) is 5.82 Å². The number of rotatable bonds is 4. The number of esters is 1. The molecule has 6 heteroatoms. The third-order valence-electron chi connectivity index (χ3n) is 3.27. The van der Waals surface area contributed by atoms with Gasteiger partial charge < -0.3 is 10.1 Å². The second-order valence-corrected chi connectivity index (χ2v) is 5.38. The molecule has 2 atom stereocenters. The van der Waals surface area contributed by atoms with Crippen LogP contribution in [-0.2, 0) is 9.53 Å². The van der Waals surface area contributed by atoms with Crippen molar-refractivity contribution in [3.8, 4) is 6.07 Å². The lowest BCUT2D eigenvalue weighted by molar-refractivity contribution is -0.145. The summed E-state index contributed by atoms with van der Waals surface area (Å²) in [5, 5.41) is 12.2. The predicted octanol–water partition coefficient (Wildman–Crippen LogP) is 2.47. The van der Waals surface area contributed by atoms with Gasteiger partial charge in [0, 0.05) is 0 Å². The minimum Gasteiger partial charge on any atom is -0.464 e. The second-order valence-electron chi connectivity index (χ2n) is 4.56. The van der Waals surface area contributed by atoms with E-state index in [1.54, 1.807) is 19.1 Å². The number of nitrogens with zero attached hydrogens (tertiary/aromatic N) is 2. The lowest BCUT2D eigenvalue weighted by Crippen LogP contribution is -2.36. The van der Waals surface area contributed by atoms with Crippen molar-refractivity contribution in [2.45, 2.75) is 25.8 Å². The van der Waals surface area contributed by atoms with Gasteiger partial charge in [-0.1, -0.05) is 6.92 Å². The molecule has 0 spiro atoms. The van der Waals surface area contributed by atoms with Gasteiger partial charge in [-0.25, -0.2) is 9.78 Å². The lowest BCUT2D eigenvalue weighted by atomic mass is 10.2. The zero-order valence-corrected chi connectivity index (χ0v) is 12.3. The number of pyridine rings is 1. The Labute approximate surface area is 120 Å². The van der Waals surface area contributed by atoms with Gasteiger partial charge in [-0.2, -0.15) is 5.26 Å². The number of nitriles is 1. The van der Waals surface area contributed by atoms with E-state index in [9.17, 15) is 4.79 Å². The SMILES string of the molecule is CCOC(=O)[C@]1(Nc2nc(Br)ccc2C#N)C[C@@H]1C. The molecule has 1 aromatic rings. The number of hydrogen-bond acceptors (Lipinski definition) is 5. The highest BCUT2D eigenvalue weighted by Gasteiger charge is 2.59. The summed E-state index contributed by atoms with van der Waals surface area (Å²) in [6.45, 7) is 4.08. The Morgan fingerprint density at radius 2 is 2.42 bits per heavy atom. The number of nitrogens with one attached hydrogen (secondary N) is 1. The number of halogens is 1. The summed E-state index contributed by atoms with van der Waals surface area (Å²) < 4.78 is 5.70. The van der Waals surface area contributed by atoms with Crippen LogP contribution < -0.4 is 5.32 Å². The molecule has 19 heavy (non-hydrogen) atoms. The number of ether oxygens (including phenoxy) is 1. The number of carbonyl (C=O) groups is 1. The van der Waals surface area contributed by atoms with E-state index in [-0.39, 0.29) is 11.9 Å². The Balaban J connectivity index is 2.27. The van der Waals surface area contributed by atoms with Gasteiger partial charge in [0.15, 0.2) is 0 Å². The van der Waals surface area contributed by atoms with Crippen LogP contribution in [0, 0.1) is 17.2 Å². The van der Waals surface area contributed by atoms with Gasteiger partial charge in [-0.05, 0) is 47.3 Å². The third-order valence-corrected chi connectivity index (χ3v) is 3.71. The van der Waals surface area contributed by atoms with E-state index in [0.29, 0.717) is 29.0 Å². The van der Waals surface area contributed by atoms with Crippen molar-refractivity contribution in [1.29, 1.82) is 5.26 Å². The summed E-state index contributed by atoms with van der Waals surface area (Å²) in [5.74, 6) is 0.293. The Hall–Kier alpha value is -1.61. The van der Waals surface area contributed by atoms with Crippen molar-refractivity contribution in [3.05, 3.63) is 22.3 Å². The molecule has 0 radical (unpaired) electrons. The fourth-order valence-electron chi connectivity index (χ4n) is 2.03. The normalized spacial score (nSPS) is 24.4. The van der Waals surface area contributed by atoms with E-state index < -0.39 is 5.54 Å². The van der Waals surface area contributed by atoms with Crippen LogP contribution in [0.5, 0.6) is 0 Å². The second kappa shape index (κ2) is 5.17. The van der Waals surface area contributed by atoms with E-state index in [1.807, 2.05) is 6.92 Å². The van der Waals surface area contributed by atoms with Crippen molar-refractivity contribution in [2.24, 2.45) is 5.92 Å². The maximum Gasteiger partial charge on any atom is 0.332 e. The summed E-state index contributed by atoms with van der Waals surface area (Å²) in [6, 6.07) is 5.41. The topological polar surface area (TPSA) is 75.0 Å². The van der Waals surface area contributed by atoms with Crippen LogP contribution in [0.1, 0.15) is 25.8 Å². The molecule has 1 aliphatic rings. The molecule has 1 aliphatic carbocycles. The first-order chi connectivity index (χ1) is 9.03. The molecule has 0 saturated heterocycles. The van der Waals surface area contributed by atoms with Crippen LogP contribution in [0.15, 0.2) is 16.7 Å². The molecule has 0 aromatic carbocycles. The van der Waals surface area contributed by atoms with Crippen LogP contribution in [0.3, 0.4) is 0 Å². The Morgan fingerprint density at radius 3 is 2.95 bits per heavy atom. The largest absolute Gasteiger partial charge is 0.464 e. The number of aromatic nitrogens is 1. The first-order valence-electron chi connectivity index (χ1n) is 6.05. The highest BCUT2D eigenvalue weighted by Crippen LogP contribution is 2.46. The highest BCUT2D eigenvalue weighted by atomic mass is 79.9. The van der Waals surface area contributed by atoms with Gasteiger partial charge >= 0.3 is 5.97 Å². The maximum absolute atomic E-state index is 12.0. The van der Waals surface area contributed by atoms with Crippen molar-refractivity contribution in [2.75, 3.05) is 11.9 Å². The molecule has 0 unspecified atom stereocenters. The molecule has 2 rings (SSSR count). The number of anilines is 1. The molecule has 100 valence electrons. The van der Waals surface area contributed by atoms with Crippen molar-refractivity contribution < 1.29 is 9.53 Å². The van der Waals surface area contributed by atoms with Gasteiger partial charge in [0.25, 0.3) is 0 Å². The first kappa shape index (κ1) is 13.8. The maximum atomic E-state index is 12.0. The summed E-state index contributed by atoms with van der Waals surface area (Å²) in [7, 11) is 0. The summed E-state index contributed by atoms with van der Waals surface area (Å²) in [5.41, 5.74) is -0.332. The molecular formula is C13H14BrN3O2. The van der Waals surface area contributed by atoms with Gasteiger partial charge in [0.05, 0.1) is 12.2 Å². The van der Waals surface area contributed by atoms with Gasteiger partial charge in [-0.15, -0.1) is 0 Å². The van der Waals surface area contributed by atoms with E-state index in [0.717, 1.165) is 0 Å². The fourth-order valence-corrected chi connectivity index (χ4v) is 2.34. The predicted molar refractivity (Wildman–Crippen MR) is 73.4 cm³/mol. The minimum absolute atomic E-state index is 0.166. The standard InChI is InChI=1S/C13H14BrN3O2/c1-3-19-12(18)13(6-8(13)2)17-11-9(7-15)4-5-10(14)16-11/h4-5,8H,3,6H2,1-2H3,(H,16,17)/t8-,13-/m0/s1. The molecule has 1 fully saturated rings. The molecule has 1 aromatic heterocycles. The first-order valence-corrected chi connectivity index (χ1v) is 6.85. The van der Waals surface area contributed by atoms with Gasteiger partial charge in [-0.3, -0.25) is 0 Å². The van der Waals surface area contributed by atoms with Gasteiger partial charge in [0.2, 0.25) is 0 Å². The molecule has 1 saturated carbocycles. The summed E-state index contributed by atoms with van der Waals surface area (Å²) >= 11 is 3.26. The average molecular weight is 324 g/mol. The van der Waals surface area contributed by atoms with E-state index in [2.05, 4.69) is 32.3 Å². The van der Waals surface area contributed by atoms with Crippen LogP contribution in [0.2, 0.25) is 0 Å². The quantitative estimate of drug-likeness (QED) is 0.680. The van der Waals surface area contributed by atoms with Crippen molar-refractivity contribution in [1.82, 2.24) is 4.98 Å². The average Bonchev–Trinajstić information content (AvgIpc) is 3.02. The van der Waals surface area contributed by atoms with E-state index >= 15 is 0 Å². The Bertz CT molecular complexity index is 555. The van der Waals surface area contributed by atoms with Crippen molar-refractivity contribution >= 4 is 27.7 Å². The van der Waals surface area contributed by atoms with E-state index in [4.69, 9.17) is 10.00 Å². The number of carbonyl (C=O) groups excluding carboxylic acids is 1. The summed E-state index contributed by atoms with van der Waals surface area (Å²) in [4.78, 5) is 16.2. The van der Waals surface area contributed by atoms with Crippen LogP contribution in [0.25, 0.3) is 0 Å². The molecule has 0 amide bonds. The molecular weight excluding hydrogens is 310 g/mol. The molecule has 0 aliphatic heterocycles. The van der Waals surface area contributed by atoms with Crippen molar-refractivity contribution in [3.63, 3.8) is 0 Å². The smallest absolute Gasteiger partial charge is 0.332 e. The monoisotopic (exact) mass is 323 g/mol. The molecule has 1 N–H and O–H groups in total. The molecule has 1 heterocycles. The van der Waals surface area contributed by atoms with E-state index in [1.165, 1.54) is 0 Å². The fraction of sp³-hybridized carbons (Fsp3) is 0.462. The summed E-state index contributed by atoms with van der Waals surface area (Å²) in [6.07, 6.45) is 0.685. The van der Waals surface area contributed by atoms with Crippen LogP contribution in [-0.4, -0.2) is 23.1 Å². The highest BCUT2D eigenvalue weighted by molar-refractivity contribution is 9.10. The molecule has 0 bridgehead atoms. The lowest BCUT2D eigenvalue weighted by Gasteiger charge is -2.18. The van der Waals surface area contributed by atoms with Gasteiger partial charge in [0.1, 0.15) is 22.0 Å². The Morgan fingerprint density at radius 1 is 1.74 bits per heavy atom. The number of hydrogen-bond donors (Lipinski definition) is 1. The zero-order valence-electron chi connectivity index (χ0n) is 10.7. The Kier molecular flexibility index (Phi) is 3.76. The molecule has 5 nitrogen and oxygen atoms in total. The minimum atomic E-state index is -0.741.